The molecule has 0 spiro atoms. The van der Waals surface area contributed by atoms with E-state index in [1.54, 1.807) is 6.92 Å². The minimum Gasteiger partial charge on any atom is -0.370 e. The van der Waals surface area contributed by atoms with Gasteiger partial charge in [0.15, 0.2) is 0 Å². The summed E-state index contributed by atoms with van der Waals surface area (Å²) in [5, 5.41) is 7.88. The molecule has 118 valence electrons. The van der Waals surface area contributed by atoms with E-state index in [2.05, 4.69) is 20.9 Å². The topological polar surface area (TPSA) is 66.0 Å². The summed E-state index contributed by atoms with van der Waals surface area (Å²) in [4.78, 5) is 15.5. The molecule has 1 aromatic rings. The van der Waals surface area contributed by atoms with E-state index < -0.39 is 17.8 Å². The van der Waals surface area contributed by atoms with Gasteiger partial charge in [0.1, 0.15) is 17.7 Å². The van der Waals surface area contributed by atoms with Gasteiger partial charge in [0.25, 0.3) is 0 Å². The zero-order valence-electron chi connectivity index (χ0n) is 12.1. The summed E-state index contributed by atoms with van der Waals surface area (Å²) in [5.41, 5.74) is -0.817. The van der Waals surface area contributed by atoms with Gasteiger partial charge in [-0.25, -0.2) is 4.98 Å². The first-order chi connectivity index (χ1) is 9.77. The van der Waals surface area contributed by atoms with Gasteiger partial charge in [0.05, 0.1) is 5.56 Å². The van der Waals surface area contributed by atoms with Gasteiger partial charge in [-0.1, -0.05) is 6.92 Å². The molecule has 1 amide bonds. The Morgan fingerprint density at radius 1 is 1.33 bits per heavy atom. The Kier molecular flexibility index (Phi) is 5.80. The van der Waals surface area contributed by atoms with Crippen LogP contribution < -0.4 is 16.0 Å². The highest BCUT2D eigenvalue weighted by molar-refractivity contribution is 5.83. The van der Waals surface area contributed by atoms with E-state index in [0.29, 0.717) is 6.54 Å². The highest BCUT2D eigenvalue weighted by Crippen LogP contribution is 2.32. The van der Waals surface area contributed by atoms with Crippen LogP contribution in [-0.4, -0.2) is 30.5 Å². The van der Waals surface area contributed by atoms with Gasteiger partial charge < -0.3 is 16.0 Å². The molecule has 0 aromatic carbocycles. The number of rotatable bonds is 6. The molecule has 1 aromatic heterocycles. The lowest BCUT2D eigenvalue weighted by Crippen LogP contribution is -2.35. The van der Waals surface area contributed by atoms with Gasteiger partial charge in [0.2, 0.25) is 5.91 Å². The predicted molar refractivity (Wildman–Crippen MR) is 75.2 cm³/mol. The molecule has 0 radical (unpaired) electrons. The maximum atomic E-state index is 12.9. The van der Waals surface area contributed by atoms with Crippen LogP contribution >= 0.6 is 0 Å². The summed E-state index contributed by atoms with van der Waals surface area (Å²) in [6.45, 7) is 3.95. The fraction of sp³-hybridized carbons (Fsp3) is 0.538. The van der Waals surface area contributed by atoms with E-state index in [4.69, 9.17) is 0 Å². The molecule has 0 bridgehead atoms. The van der Waals surface area contributed by atoms with Crippen molar-refractivity contribution >= 4 is 17.5 Å². The van der Waals surface area contributed by atoms with E-state index in [1.165, 1.54) is 7.05 Å². The van der Waals surface area contributed by atoms with Crippen LogP contribution in [-0.2, 0) is 11.0 Å². The zero-order valence-corrected chi connectivity index (χ0v) is 12.1. The summed E-state index contributed by atoms with van der Waals surface area (Å²) >= 11 is 0. The van der Waals surface area contributed by atoms with Crippen LogP contribution in [0.25, 0.3) is 0 Å². The number of halogens is 3. The molecule has 1 heterocycles. The van der Waals surface area contributed by atoms with Crippen molar-refractivity contribution in [3.05, 3.63) is 17.7 Å². The number of carbonyl (C=O) groups is 1. The van der Waals surface area contributed by atoms with E-state index >= 15 is 0 Å². The number of hydrogen-bond acceptors (Lipinski definition) is 4. The highest BCUT2D eigenvalue weighted by atomic mass is 19.4. The maximum Gasteiger partial charge on any atom is 0.416 e. The van der Waals surface area contributed by atoms with Crippen LogP contribution in [0.4, 0.5) is 24.8 Å². The number of hydrogen-bond donors (Lipinski definition) is 3. The van der Waals surface area contributed by atoms with Gasteiger partial charge in [-0.2, -0.15) is 13.2 Å². The number of amides is 1. The van der Waals surface area contributed by atoms with E-state index in [1.807, 2.05) is 6.92 Å². The second kappa shape index (κ2) is 7.14. The van der Waals surface area contributed by atoms with Gasteiger partial charge in [0, 0.05) is 13.6 Å². The number of pyridine rings is 1. The first kappa shape index (κ1) is 17.1. The number of carbonyl (C=O) groups excluding carboxylic acids is 1. The van der Waals surface area contributed by atoms with Gasteiger partial charge in [-0.15, -0.1) is 0 Å². The normalized spacial score (nSPS) is 12.7. The Balaban J connectivity index is 3.04. The molecule has 0 fully saturated rings. The van der Waals surface area contributed by atoms with Crippen molar-refractivity contribution in [2.24, 2.45) is 0 Å². The number of alkyl halides is 3. The van der Waals surface area contributed by atoms with Crippen molar-refractivity contribution < 1.29 is 18.0 Å². The summed E-state index contributed by atoms with van der Waals surface area (Å²) in [7, 11) is 1.45. The molecule has 8 heteroatoms. The summed E-state index contributed by atoms with van der Waals surface area (Å²) in [6, 6.07) is 1.15. The molecule has 21 heavy (non-hydrogen) atoms. The smallest absolute Gasteiger partial charge is 0.370 e. The lowest BCUT2D eigenvalue weighted by Gasteiger charge is -2.16. The Bertz CT molecular complexity index is 491. The van der Waals surface area contributed by atoms with Crippen LogP contribution in [0.1, 0.15) is 25.8 Å². The second-order valence-corrected chi connectivity index (χ2v) is 4.53. The fourth-order valence-electron chi connectivity index (χ4n) is 1.62. The van der Waals surface area contributed by atoms with Crippen LogP contribution in [0.5, 0.6) is 0 Å². The lowest BCUT2D eigenvalue weighted by molar-refractivity contribution is -0.137. The Hall–Kier alpha value is -1.99. The van der Waals surface area contributed by atoms with Crippen LogP contribution in [0.2, 0.25) is 0 Å². The number of anilines is 2. The van der Waals surface area contributed by atoms with E-state index in [9.17, 15) is 18.0 Å². The summed E-state index contributed by atoms with van der Waals surface area (Å²) in [5.74, 6) is -0.213. The lowest BCUT2D eigenvalue weighted by atomic mass is 10.2. The maximum absolute atomic E-state index is 12.9. The summed E-state index contributed by atoms with van der Waals surface area (Å²) < 4.78 is 38.6. The number of nitrogens with zero attached hydrogens (tertiary/aromatic N) is 1. The average molecular weight is 304 g/mol. The van der Waals surface area contributed by atoms with Crippen LogP contribution in [0.3, 0.4) is 0 Å². The number of likely N-dealkylation sites (N-methyl/N-ethyl adjacent to an activating group) is 1. The number of nitrogens with one attached hydrogen (secondary N) is 3. The zero-order chi connectivity index (χ0) is 16.0. The molecule has 1 unspecified atom stereocenters. The van der Waals surface area contributed by atoms with Crippen molar-refractivity contribution in [2.75, 3.05) is 24.2 Å². The minimum atomic E-state index is -4.47. The van der Waals surface area contributed by atoms with Gasteiger partial charge >= 0.3 is 6.18 Å². The van der Waals surface area contributed by atoms with Crippen molar-refractivity contribution in [1.82, 2.24) is 10.3 Å². The molecule has 0 aliphatic rings. The van der Waals surface area contributed by atoms with Gasteiger partial charge in [-0.3, -0.25) is 4.79 Å². The third-order valence-electron chi connectivity index (χ3n) is 2.71. The van der Waals surface area contributed by atoms with Crippen LogP contribution in [0.15, 0.2) is 12.1 Å². The SMILES string of the molecule is CCCNc1cc(C(F)(F)F)cc(NC(C)C(=O)NC)n1. The van der Waals surface area contributed by atoms with E-state index in [-0.39, 0.29) is 17.5 Å². The Morgan fingerprint density at radius 2 is 1.95 bits per heavy atom. The average Bonchev–Trinajstić information content (AvgIpc) is 2.42. The third kappa shape index (κ3) is 5.13. The molecule has 1 rings (SSSR count). The molecule has 0 aliphatic carbocycles. The molecule has 0 saturated carbocycles. The molecule has 0 aliphatic heterocycles. The van der Waals surface area contributed by atoms with Gasteiger partial charge in [-0.05, 0) is 25.5 Å². The first-order valence-corrected chi connectivity index (χ1v) is 6.59. The third-order valence-corrected chi connectivity index (χ3v) is 2.71. The molecule has 3 N–H and O–H groups in total. The molecular weight excluding hydrogens is 285 g/mol. The quantitative estimate of drug-likeness (QED) is 0.755. The first-order valence-electron chi connectivity index (χ1n) is 6.59. The van der Waals surface area contributed by atoms with Crippen molar-refractivity contribution in [1.29, 1.82) is 0 Å². The highest BCUT2D eigenvalue weighted by Gasteiger charge is 2.32. The molecular formula is C13H19F3N4O. The van der Waals surface area contributed by atoms with Crippen molar-refractivity contribution in [2.45, 2.75) is 32.5 Å². The largest absolute Gasteiger partial charge is 0.416 e. The van der Waals surface area contributed by atoms with Crippen LogP contribution in [0, 0.1) is 0 Å². The fourth-order valence-corrected chi connectivity index (χ4v) is 1.62. The predicted octanol–water partition coefficient (Wildman–Crippen LogP) is 2.47. The molecule has 1 atom stereocenters. The second-order valence-electron chi connectivity index (χ2n) is 4.53. The van der Waals surface area contributed by atoms with E-state index in [0.717, 1.165) is 18.6 Å². The summed E-state index contributed by atoms with van der Waals surface area (Å²) in [6.07, 6.45) is -3.71. The minimum absolute atomic E-state index is 0.000437. The Labute approximate surface area is 121 Å². The number of aromatic nitrogens is 1. The Morgan fingerprint density at radius 3 is 2.48 bits per heavy atom. The molecule has 5 nitrogen and oxygen atoms in total. The van der Waals surface area contributed by atoms with Crippen molar-refractivity contribution in [3.63, 3.8) is 0 Å². The van der Waals surface area contributed by atoms with Crippen molar-refractivity contribution in [3.8, 4) is 0 Å². The standard InChI is InChI=1S/C13H19F3N4O/c1-4-5-18-10-6-9(13(14,15)16)7-11(20-10)19-8(2)12(21)17-3/h6-8H,4-5H2,1-3H3,(H,17,21)(H2,18,19,20). The monoisotopic (exact) mass is 304 g/mol. The molecule has 0 saturated heterocycles.